The molecule has 4 rings (SSSR count). The molecule has 0 aliphatic carbocycles. The number of imidazole rings is 1. The van der Waals surface area contributed by atoms with E-state index in [2.05, 4.69) is 21.4 Å². The highest BCUT2D eigenvalue weighted by Crippen LogP contribution is 2.27. The van der Waals surface area contributed by atoms with E-state index in [0.29, 0.717) is 28.9 Å². The Labute approximate surface area is 208 Å². The van der Waals surface area contributed by atoms with Crippen LogP contribution in [0.5, 0.6) is 5.75 Å². The first kappa shape index (κ1) is 24.8. The fraction of sp³-hybridized carbons (Fsp3) is 0.333. The summed E-state index contributed by atoms with van der Waals surface area (Å²) in [5.41, 5.74) is 2.13. The van der Waals surface area contributed by atoms with E-state index in [-0.39, 0.29) is 36.3 Å². The summed E-state index contributed by atoms with van der Waals surface area (Å²) in [7, 11) is 1.57. The van der Waals surface area contributed by atoms with Gasteiger partial charge in [-0.15, -0.1) is 0 Å². The number of carbonyl (C=O) groups is 2. The Morgan fingerprint density at radius 3 is 2.58 bits per heavy atom. The third kappa shape index (κ3) is 5.18. The zero-order valence-electron chi connectivity index (χ0n) is 20.5. The van der Waals surface area contributed by atoms with Crippen molar-refractivity contribution in [1.29, 1.82) is 5.26 Å². The lowest BCUT2D eigenvalue weighted by Gasteiger charge is -2.20. The highest BCUT2D eigenvalue weighted by molar-refractivity contribution is 6.02. The first-order valence-electron chi connectivity index (χ1n) is 11.9. The van der Waals surface area contributed by atoms with Crippen molar-refractivity contribution < 1.29 is 14.3 Å². The number of para-hydroxylation sites is 2. The number of carbonyl (C=O) groups excluding carboxylic acids is 2. The summed E-state index contributed by atoms with van der Waals surface area (Å²) in [6.45, 7) is 3.95. The number of amides is 1. The maximum atomic E-state index is 13.2. The summed E-state index contributed by atoms with van der Waals surface area (Å²) >= 11 is 0. The summed E-state index contributed by atoms with van der Waals surface area (Å²) in [5, 5.41) is 13.3. The Kier molecular flexibility index (Phi) is 7.25. The van der Waals surface area contributed by atoms with Gasteiger partial charge in [0.25, 0.3) is 0 Å². The number of fused-ring (bicyclic) bond motifs is 2. The molecule has 2 atom stereocenters. The van der Waals surface area contributed by atoms with Gasteiger partial charge in [0.1, 0.15) is 11.8 Å². The molecule has 2 aromatic heterocycles. The molecule has 0 fully saturated rings. The van der Waals surface area contributed by atoms with Gasteiger partial charge < -0.3 is 20.0 Å². The number of aromatic nitrogens is 3. The molecule has 9 heteroatoms. The van der Waals surface area contributed by atoms with Crippen LogP contribution in [0.1, 0.15) is 37.2 Å². The molecule has 0 spiro atoms. The van der Waals surface area contributed by atoms with Crippen LogP contribution in [0.2, 0.25) is 0 Å². The molecular formula is C27H29N5O4. The van der Waals surface area contributed by atoms with Crippen molar-refractivity contribution in [2.24, 2.45) is 11.8 Å². The van der Waals surface area contributed by atoms with Gasteiger partial charge in [-0.3, -0.25) is 14.2 Å². The number of benzene rings is 2. The SMILES string of the molecule is COc1cccc2[nH]c(C(=O)C[C@@H](CC(C)C)C(=O)N[C@H](C#N)Cn3c(=O)[nH]c4ccccc43)cc12. The molecule has 4 aromatic rings. The Morgan fingerprint density at radius 2 is 1.86 bits per heavy atom. The topological polar surface area (TPSA) is 133 Å². The number of rotatable bonds is 10. The second kappa shape index (κ2) is 10.5. The fourth-order valence-electron chi connectivity index (χ4n) is 4.52. The summed E-state index contributed by atoms with van der Waals surface area (Å²) in [5.74, 6) is -0.390. The molecule has 0 saturated heterocycles. The number of nitrogens with one attached hydrogen (secondary N) is 3. The molecular weight excluding hydrogens is 458 g/mol. The monoisotopic (exact) mass is 487 g/mol. The molecule has 0 aliphatic heterocycles. The standard InChI is InChI=1S/C27H29N5O4/c1-16(2)11-17(12-24(33)22-13-19-20(30-22)8-6-10-25(19)36-3)26(34)29-18(14-28)15-32-23-9-5-4-7-21(23)31-27(32)35/h4-10,13,16-18,30H,11-12,15H2,1-3H3,(H,29,34)(H,31,35)/t17-,18-/m1/s1. The minimum absolute atomic E-state index is 0.00472. The van der Waals surface area contributed by atoms with Crippen LogP contribution in [0.25, 0.3) is 21.9 Å². The van der Waals surface area contributed by atoms with Crippen LogP contribution < -0.4 is 15.7 Å². The molecule has 3 N–H and O–H groups in total. The highest BCUT2D eigenvalue weighted by Gasteiger charge is 2.27. The first-order chi connectivity index (χ1) is 17.3. The van der Waals surface area contributed by atoms with E-state index in [9.17, 15) is 19.6 Å². The number of Topliss-reactive ketones (excluding diaryl/α,β-unsaturated/α-hetero) is 1. The molecule has 2 heterocycles. The summed E-state index contributed by atoms with van der Waals surface area (Å²) in [6, 6.07) is 15.6. The van der Waals surface area contributed by atoms with Gasteiger partial charge in [-0.25, -0.2) is 4.79 Å². The van der Waals surface area contributed by atoms with Gasteiger partial charge in [0.2, 0.25) is 5.91 Å². The molecule has 0 radical (unpaired) electrons. The van der Waals surface area contributed by atoms with Crippen molar-refractivity contribution in [2.75, 3.05) is 7.11 Å². The second-order valence-corrected chi connectivity index (χ2v) is 9.31. The van der Waals surface area contributed by atoms with Crippen molar-refractivity contribution in [3.05, 3.63) is 64.7 Å². The smallest absolute Gasteiger partial charge is 0.326 e. The number of hydrogen-bond donors (Lipinski definition) is 3. The average Bonchev–Trinajstić information content (AvgIpc) is 3.43. The van der Waals surface area contributed by atoms with E-state index in [1.165, 1.54) is 4.57 Å². The molecule has 0 unspecified atom stereocenters. The van der Waals surface area contributed by atoms with E-state index >= 15 is 0 Å². The largest absolute Gasteiger partial charge is 0.496 e. The molecule has 186 valence electrons. The summed E-state index contributed by atoms with van der Waals surface area (Å²) in [4.78, 5) is 44.6. The predicted octanol–water partition coefficient (Wildman–Crippen LogP) is 3.76. The number of nitrogens with zero attached hydrogens (tertiary/aromatic N) is 2. The average molecular weight is 488 g/mol. The zero-order valence-corrected chi connectivity index (χ0v) is 20.5. The van der Waals surface area contributed by atoms with Crippen molar-refractivity contribution in [1.82, 2.24) is 19.9 Å². The number of ketones is 1. The Hall–Kier alpha value is -4.32. The van der Waals surface area contributed by atoms with E-state index in [1.54, 1.807) is 31.4 Å². The lowest BCUT2D eigenvalue weighted by Crippen LogP contribution is -2.42. The minimum atomic E-state index is -0.934. The summed E-state index contributed by atoms with van der Waals surface area (Å²) < 4.78 is 6.81. The zero-order chi connectivity index (χ0) is 25.8. The van der Waals surface area contributed by atoms with Gasteiger partial charge in [0, 0.05) is 23.2 Å². The van der Waals surface area contributed by atoms with Crippen LogP contribution in [0.4, 0.5) is 0 Å². The molecule has 36 heavy (non-hydrogen) atoms. The van der Waals surface area contributed by atoms with E-state index in [1.807, 2.05) is 38.1 Å². The van der Waals surface area contributed by atoms with Gasteiger partial charge in [-0.2, -0.15) is 5.26 Å². The number of ether oxygens (including phenoxy) is 1. The van der Waals surface area contributed by atoms with Gasteiger partial charge >= 0.3 is 5.69 Å². The Balaban J connectivity index is 1.51. The maximum absolute atomic E-state index is 13.2. The lowest BCUT2D eigenvalue weighted by molar-refractivity contribution is -0.125. The number of nitriles is 1. The molecule has 0 aliphatic rings. The van der Waals surface area contributed by atoms with Crippen molar-refractivity contribution in [3.8, 4) is 11.8 Å². The summed E-state index contributed by atoms with van der Waals surface area (Å²) in [6.07, 6.45) is 0.469. The number of hydrogen-bond acceptors (Lipinski definition) is 5. The normalized spacial score (nSPS) is 13.0. The van der Waals surface area contributed by atoms with E-state index < -0.39 is 12.0 Å². The van der Waals surface area contributed by atoms with Crippen molar-refractivity contribution in [2.45, 2.75) is 39.3 Å². The van der Waals surface area contributed by atoms with Crippen LogP contribution in [-0.2, 0) is 11.3 Å². The third-order valence-corrected chi connectivity index (χ3v) is 6.22. The fourth-order valence-corrected chi connectivity index (χ4v) is 4.52. The molecule has 1 amide bonds. The molecule has 2 aromatic carbocycles. The third-order valence-electron chi connectivity index (χ3n) is 6.22. The Bertz CT molecular complexity index is 1500. The van der Waals surface area contributed by atoms with Gasteiger partial charge in [0.05, 0.1) is 36.5 Å². The number of H-pyrrole nitrogens is 2. The minimum Gasteiger partial charge on any atom is -0.496 e. The maximum Gasteiger partial charge on any atom is 0.326 e. The van der Waals surface area contributed by atoms with Gasteiger partial charge in [-0.05, 0) is 42.7 Å². The van der Waals surface area contributed by atoms with E-state index in [0.717, 1.165) is 10.9 Å². The van der Waals surface area contributed by atoms with Crippen molar-refractivity contribution in [3.63, 3.8) is 0 Å². The predicted molar refractivity (Wildman–Crippen MR) is 137 cm³/mol. The molecule has 9 nitrogen and oxygen atoms in total. The van der Waals surface area contributed by atoms with Crippen LogP contribution in [0, 0.1) is 23.2 Å². The van der Waals surface area contributed by atoms with Crippen LogP contribution in [-0.4, -0.2) is 39.4 Å². The number of aromatic amines is 2. The second-order valence-electron chi connectivity index (χ2n) is 9.31. The van der Waals surface area contributed by atoms with Crippen molar-refractivity contribution >= 4 is 33.6 Å². The quantitative estimate of drug-likeness (QED) is 0.293. The van der Waals surface area contributed by atoms with E-state index in [4.69, 9.17) is 4.74 Å². The van der Waals surface area contributed by atoms with Crippen LogP contribution in [0.3, 0.4) is 0 Å². The number of methoxy groups -OCH3 is 1. The van der Waals surface area contributed by atoms with Gasteiger partial charge in [-0.1, -0.05) is 32.0 Å². The van der Waals surface area contributed by atoms with Gasteiger partial charge in [0.15, 0.2) is 5.78 Å². The first-order valence-corrected chi connectivity index (χ1v) is 11.9. The highest BCUT2D eigenvalue weighted by atomic mass is 16.5. The molecule has 0 bridgehead atoms. The Morgan fingerprint density at radius 1 is 1.11 bits per heavy atom. The van der Waals surface area contributed by atoms with Crippen LogP contribution >= 0.6 is 0 Å². The lowest BCUT2D eigenvalue weighted by atomic mass is 9.90. The van der Waals surface area contributed by atoms with Crippen LogP contribution in [0.15, 0.2) is 53.3 Å². The molecule has 0 saturated carbocycles.